The van der Waals surface area contributed by atoms with Crippen molar-refractivity contribution in [1.82, 2.24) is 10.4 Å². The molecule has 0 bridgehead atoms. The van der Waals surface area contributed by atoms with Crippen molar-refractivity contribution in [3.63, 3.8) is 0 Å². The van der Waals surface area contributed by atoms with Gasteiger partial charge in [0.1, 0.15) is 0 Å². The van der Waals surface area contributed by atoms with Gasteiger partial charge in [0.25, 0.3) is 0 Å². The van der Waals surface area contributed by atoms with Gasteiger partial charge in [-0.25, -0.2) is 4.98 Å². The van der Waals surface area contributed by atoms with Crippen molar-refractivity contribution >= 4 is 26.7 Å². The monoisotopic (exact) mass is 287 g/mol. The number of fused-ring (bicyclic) bond motifs is 1. The standard InChI is InChI=1S/C16H21N3S/c1-11-8-12(10-16(2,3)9-11)18-19-15-17-13-6-4-5-7-14(13)20-15/h4-7,10-11,18H,8-9H2,1-3H3,(H,17,19)/t11-/m0/s1. The molecule has 1 aliphatic rings. The second-order valence-corrected chi connectivity index (χ2v) is 7.44. The number of allylic oxidation sites excluding steroid dienone is 2. The van der Waals surface area contributed by atoms with E-state index in [-0.39, 0.29) is 5.41 Å². The predicted octanol–water partition coefficient (Wildman–Crippen LogP) is 4.55. The summed E-state index contributed by atoms with van der Waals surface area (Å²) in [7, 11) is 0. The van der Waals surface area contributed by atoms with E-state index in [9.17, 15) is 0 Å². The Bertz CT molecular complexity index is 609. The Morgan fingerprint density at radius 2 is 2.05 bits per heavy atom. The number of anilines is 1. The van der Waals surface area contributed by atoms with Crippen LogP contribution in [0.4, 0.5) is 5.13 Å². The highest BCUT2D eigenvalue weighted by Gasteiger charge is 2.25. The Labute approximate surface area is 124 Å². The third kappa shape index (κ3) is 2.96. The Morgan fingerprint density at radius 1 is 1.25 bits per heavy atom. The van der Waals surface area contributed by atoms with Crippen LogP contribution in [0.2, 0.25) is 0 Å². The summed E-state index contributed by atoms with van der Waals surface area (Å²) in [5.41, 5.74) is 9.19. The summed E-state index contributed by atoms with van der Waals surface area (Å²) in [5, 5.41) is 0.920. The second-order valence-electron chi connectivity index (χ2n) is 6.41. The SMILES string of the molecule is C[C@H]1CC(NNc2nc3ccccc3s2)=CC(C)(C)C1. The van der Waals surface area contributed by atoms with Gasteiger partial charge in [-0.2, -0.15) is 0 Å². The highest BCUT2D eigenvalue weighted by molar-refractivity contribution is 7.22. The number of aromatic nitrogens is 1. The van der Waals surface area contributed by atoms with Crippen LogP contribution in [0.3, 0.4) is 0 Å². The molecule has 0 radical (unpaired) electrons. The largest absolute Gasteiger partial charge is 0.303 e. The third-order valence-electron chi connectivity index (χ3n) is 3.63. The smallest absolute Gasteiger partial charge is 0.202 e. The quantitative estimate of drug-likeness (QED) is 0.813. The Kier molecular flexibility index (Phi) is 3.42. The highest BCUT2D eigenvalue weighted by atomic mass is 32.1. The summed E-state index contributed by atoms with van der Waals surface area (Å²) in [6, 6.07) is 8.21. The maximum absolute atomic E-state index is 4.57. The fraction of sp³-hybridized carbons (Fsp3) is 0.438. The van der Waals surface area contributed by atoms with E-state index in [1.54, 1.807) is 11.3 Å². The highest BCUT2D eigenvalue weighted by Crippen LogP contribution is 2.35. The summed E-state index contributed by atoms with van der Waals surface area (Å²) in [5.74, 6) is 0.717. The van der Waals surface area contributed by atoms with Crippen LogP contribution in [0.1, 0.15) is 33.6 Å². The van der Waals surface area contributed by atoms with E-state index in [0.29, 0.717) is 0 Å². The number of hydrazine groups is 1. The molecule has 2 N–H and O–H groups in total. The molecule has 0 saturated heterocycles. The zero-order valence-corrected chi connectivity index (χ0v) is 13.1. The van der Waals surface area contributed by atoms with Gasteiger partial charge in [0.05, 0.1) is 10.2 Å². The average Bonchev–Trinajstić information content (AvgIpc) is 2.76. The predicted molar refractivity (Wildman–Crippen MR) is 86.6 cm³/mol. The molecule has 1 heterocycles. The molecular weight excluding hydrogens is 266 g/mol. The molecule has 0 aliphatic heterocycles. The lowest BCUT2D eigenvalue weighted by Crippen LogP contribution is -2.29. The van der Waals surface area contributed by atoms with Crippen LogP contribution in [0.5, 0.6) is 0 Å². The molecule has 4 heteroatoms. The first-order valence-electron chi connectivity index (χ1n) is 7.11. The molecule has 1 atom stereocenters. The van der Waals surface area contributed by atoms with Gasteiger partial charge in [-0.1, -0.05) is 50.3 Å². The normalized spacial score (nSPS) is 21.6. The minimum atomic E-state index is 0.273. The molecule has 1 aliphatic carbocycles. The van der Waals surface area contributed by atoms with Gasteiger partial charge in [-0.05, 0) is 36.3 Å². The molecule has 20 heavy (non-hydrogen) atoms. The maximum atomic E-state index is 4.57. The van der Waals surface area contributed by atoms with Gasteiger partial charge in [0.2, 0.25) is 5.13 Å². The third-order valence-corrected chi connectivity index (χ3v) is 4.58. The van der Waals surface area contributed by atoms with Crippen molar-refractivity contribution in [1.29, 1.82) is 0 Å². The van der Waals surface area contributed by atoms with Crippen LogP contribution in [0.25, 0.3) is 10.2 Å². The van der Waals surface area contributed by atoms with Gasteiger partial charge in [-0.3, -0.25) is 5.43 Å². The molecule has 0 unspecified atom stereocenters. The van der Waals surface area contributed by atoms with Crippen molar-refractivity contribution in [2.45, 2.75) is 33.6 Å². The van der Waals surface area contributed by atoms with E-state index in [1.807, 2.05) is 18.2 Å². The number of hydrogen-bond donors (Lipinski definition) is 2. The van der Waals surface area contributed by atoms with Crippen molar-refractivity contribution in [3.05, 3.63) is 36.0 Å². The molecule has 2 aromatic rings. The summed E-state index contributed by atoms with van der Waals surface area (Å²) in [6.45, 7) is 6.90. The number of thiazole rings is 1. The van der Waals surface area contributed by atoms with Crippen LogP contribution in [0, 0.1) is 11.3 Å². The topological polar surface area (TPSA) is 37.0 Å². The molecule has 0 fully saturated rings. The van der Waals surface area contributed by atoms with E-state index in [2.05, 4.69) is 48.7 Å². The van der Waals surface area contributed by atoms with E-state index in [1.165, 1.54) is 16.8 Å². The summed E-state index contributed by atoms with van der Waals surface area (Å²) in [6.07, 6.45) is 4.69. The average molecular weight is 287 g/mol. The Hall–Kier alpha value is -1.55. The summed E-state index contributed by atoms with van der Waals surface area (Å²) < 4.78 is 1.21. The van der Waals surface area contributed by atoms with Crippen molar-refractivity contribution < 1.29 is 0 Å². The van der Waals surface area contributed by atoms with Gasteiger partial charge in [0, 0.05) is 5.70 Å². The molecular formula is C16H21N3S. The minimum Gasteiger partial charge on any atom is -0.303 e. The lowest BCUT2D eigenvalue weighted by atomic mass is 9.76. The molecule has 3 nitrogen and oxygen atoms in total. The summed E-state index contributed by atoms with van der Waals surface area (Å²) >= 11 is 1.67. The van der Waals surface area contributed by atoms with E-state index < -0.39 is 0 Å². The van der Waals surface area contributed by atoms with Crippen LogP contribution in [-0.4, -0.2) is 4.98 Å². The number of rotatable bonds is 3. The zero-order valence-electron chi connectivity index (χ0n) is 12.2. The Morgan fingerprint density at radius 3 is 2.80 bits per heavy atom. The van der Waals surface area contributed by atoms with Crippen LogP contribution in [0.15, 0.2) is 36.0 Å². The fourth-order valence-electron chi connectivity index (χ4n) is 3.08. The molecule has 106 valence electrons. The van der Waals surface area contributed by atoms with E-state index in [0.717, 1.165) is 23.0 Å². The first-order valence-corrected chi connectivity index (χ1v) is 7.93. The lowest BCUT2D eigenvalue weighted by Gasteiger charge is -2.32. The van der Waals surface area contributed by atoms with Gasteiger partial charge in [0.15, 0.2) is 0 Å². The van der Waals surface area contributed by atoms with Gasteiger partial charge < -0.3 is 5.43 Å². The van der Waals surface area contributed by atoms with E-state index in [4.69, 9.17) is 0 Å². The molecule has 0 spiro atoms. The van der Waals surface area contributed by atoms with Crippen molar-refractivity contribution in [3.8, 4) is 0 Å². The number of hydrogen-bond acceptors (Lipinski definition) is 4. The first kappa shape index (κ1) is 13.4. The Balaban J connectivity index is 1.71. The molecule has 0 amide bonds. The second kappa shape index (κ2) is 5.09. The van der Waals surface area contributed by atoms with E-state index >= 15 is 0 Å². The molecule has 1 aromatic carbocycles. The van der Waals surface area contributed by atoms with Gasteiger partial charge in [-0.15, -0.1) is 0 Å². The molecule has 1 aromatic heterocycles. The lowest BCUT2D eigenvalue weighted by molar-refractivity contribution is 0.316. The number of nitrogens with one attached hydrogen (secondary N) is 2. The molecule has 3 rings (SSSR count). The van der Waals surface area contributed by atoms with Crippen LogP contribution in [-0.2, 0) is 0 Å². The van der Waals surface area contributed by atoms with Crippen molar-refractivity contribution in [2.75, 3.05) is 5.43 Å². The number of nitrogens with zero attached hydrogens (tertiary/aromatic N) is 1. The van der Waals surface area contributed by atoms with Crippen LogP contribution >= 0.6 is 11.3 Å². The number of benzene rings is 1. The van der Waals surface area contributed by atoms with Crippen molar-refractivity contribution in [2.24, 2.45) is 11.3 Å². The maximum Gasteiger partial charge on any atom is 0.202 e. The fourth-order valence-corrected chi connectivity index (χ4v) is 3.90. The summed E-state index contributed by atoms with van der Waals surface area (Å²) in [4.78, 5) is 4.57. The number of para-hydroxylation sites is 1. The zero-order chi connectivity index (χ0) is 14.2. The van der Waals surface area contributed by atoms with Gasteiger partial charge >= 0.3 is 0 Å². The van der Waals surface area contributed by atoms with Crippen LogP contribution < -0.4 is 10.9 Å². The molecule has 0 saturated carbocycles. The first-order chi connectivity index (χ1) is 9.52. The minimum absolute atomic E-state index is 0.273.